The fraction of sp³-hybridized carbons (Fsp3) is 0.143. The smallest absolute Gasteiger partial charge is 0.125 e. The molecule has 0 aliphatic carbocycles. The molecule has 0 saturated heterocycles. The minimum absolute atomic E-state index is 0.149. The Balaban J connectivity index is 2.06. The zero-order valence-electron chi connectivity index (χ0n) is 9.89. The normalized spacial score (nSPS) is 10.1. The molecule has 0 aliphatic heterocycles. The van der Waals surface area contributed by atoms with Gasteiger partial charge in [-0.2, -0.15) is 0 Å². The molecule has 0 fully saturated rings. The summed E-state index contributed by atoms with van der Waals surface area (Å²) < 4.78 is 10.6. The molecular formula is C14H13ClO3. The van der Waals surface area contributed by atoms with Gasteiger partial charge in [0.1, 0.15) is 23.9 Å². The van der Waals surface area contributed by atoms with E-state index < -0.39 is 0 Å². The maximum absolute atomic E-state index is 9.77. The van der Waals surface area contributed by atoms with Crippen LogP contribution < -0.4 is 9.47 Å². The molecule has 0 radical (unpaired) electrons. The van der Waals surface area contributed by atoms with Crippen molar-refractivity contribution in [3.63, 3.8) is 0 Å². The molecule has 94 valence electrons. The Morgan fingerprint density at radius 2 is 1.94 bits per heavy atom. The third-order valence-corrected chi connectivity index (χ3v) is 2.72. The zero-order valence-corrected chi connectivity index (χ0v) is 10.6. The van der Waals surface area contributed by atoms with Gasteiger partial charge >= 0.3 is 0 Å². The highest BCUT2D eigenvalue weighted by Crippen LogP contribution is 2.25. The molecule has 1 N–H and O–H groups in total. The van der Waals surface area contributed by atoms with Gasteiger partial charge in [-0.05, 0) is 30.3 Å². The first-order chi connectivity index (χ1) is 8.69. The zero-order chi connectivity index (χ0) is 13.0. The summed E-state index contributed by atoms with van der Waals surface area (Å²) in [6.45, 7) is 0.274. The van der Waals surface area contributed by atoms with Gasteiger partial charge in [-0.1, -0.05) is 17.7 Å². The van der Waals surface area contributed by atoms with E-state index >= 15 is 0 Å². The quantitative estimate of drug-likeness (QED) is 0.916. The lowest BCUT2D eigenvalue weighted by atomic mass is 10.2. The molecule has 0 saturated carbocycles. The van der Waals surface area contributed by atoms with Crippen LogP contribution >= 0.6 is 11.6 Å². The van der Waals surface area contributed by atoms with Crippen LogP contribution in [-0.4, -0.2) is 12.2 Å². The molecule has 2 aromatic carbocycles. The van der Waals surface area contributed by atoms with Crippen molar-refractivity contribution < 1.29 is 14.6 Å². The van der Waals surface area contributed by atoms with Gasteiger partial charge in [0.25, 0.3) is 0 Å². The summed E-state index contributed by atoms with van der Waals surface area (Å²) in [5, 5.41) is 10.4. The van der Waals surface area contributed by atoms with Crippen molar-refractivity contribution in [1.82, 2.24) is 0 Å². The SMILES string of the molecule is COc1ccc(COc2cccc(Cl)c2)c(O)c1. The Kier molecular flexibility index (Phi) is 3.95. The van der Waals surface area contributed by atoms with Gasteiger partial charge in [0.05, 0.1) is 7.11 Å². The first-order valence-electron chi connectivity index (χ1n) is 5.43. The van der Waals surface area contributed by atoms with E-state index in [0.29, 0.717) is 22.1 Å². The lowest BCUT2D eigenvalue weighted by Gasteiger charge is -2.09. The van der Waals surface area contributed by atoms with Crippen molar-refractivity contribution in [2.75, 3.05) is 7.11 Å². The number of methoxy groups -OCH3 is 1. The van der Waals surface area contributed by atoms with Crippen LogP contribution in [0.3, 0.4) is 0 Å². The van der Waals surface area contributed by atoms with Gasteiger partial charge < -0.3 is 14.6 Å². The van der Waals surface area contributed by atoms with Crippen molar-refractivity contribution in [2.24, 2.45) is 0 Å². The van der Waals surface area contributed by atoms with Gasteiger partial charge in [-0.3, -0.25) is 0 Å². The van der Waals surface area contributed by atoms with Crippen molar-refractivity contribution in [3.8, 4) is 17.2 Å². The third kappa shape index (κ3) is 3.08. The number of hydrogen-bond acceptors (Lipinski definition) is 3. The molecule has 0 aromatic heterocycles. The van der Waals surface area contributed by atoms with Crippen LogP contribution in [0.25, 0.3) is 0 Å². The van der Waals surface area contributed by atoms with Gasteiger partial charge in [-0.15, -0.1) is 0 Å². The molecule has 0 aliphatic rings. The minimum Gasteiger partial charge on any atom is -0.507 e. The number of benzene rings is 2. The number of halogens is 1. The Hall–Kier alpha value is -1.87. The topological polar surface area (TPSA) is 38.7 Å². The van der Waals surface area contributed by atoms with Gasteiger partial charge in [0, 0.05) is 16.7 Å². The van der Waals surface area contributed by atoms with E-state index in [1.807, 2.05) is 12.1 Å². The second kappa shape index (κ2) is 5.65. The maximum Gasteiger partial charge on any atom is 0.125 e. The minimum atomic E-state index is 0.149. The number of phenolic OH excluding ortho intramolecular Hbond substituents is 1. The first kappa shape index (κ1) is 12.6. The molecule has 4 heteroatoms. The van der Waals surface area contributed by atoms with E-state index in [9.17, 15) is 5.11 Å². The second-order valence-corrected chi connectivity index (χ2v) is 4.18. The number of aromatic hydroxyl groups is 1. The lowest BCUT2D eigenvalue weighted by Crippen LogP contribution is -1.96. The number of ether oxygens (including phenoxy) is 2. The Labute approximate surface area is 111 Å². The summed E-state index contributed by atoms with van der Waals surface area (Å²) in [4.78, 5) is 0. The molecule has 3 nitrogen and oxygen atoms in total. The van der Waals surface area contributed by atoms with Crippen LogP contribution in [0.2, 0.25) is 5.02 Å². The standard InChI is InChI=1S/C14H13ClO3/c1-17-12-6-5-10(14(16)8-12)9-18-13-4-2-3-11(15)7-13/h2-8,16H,9H2,1H3. The Bertz CT molecular complexity index is 540. The average molecular weight is 265 g/mol. The fourth-order valence-corrected chi connectivity index (χ4v) is 1.69. The summed E-state index contributed by atoms with van der Waals surface area (Å²) in [6.07, 6.45) is 0. The van der Waals surface area contributed by atoms with Crippen molar-refractivity contribution in [1.29, 1.82) is 0 Å². The highest BCUT2D eigenvalue weighted by Gasteiger charge is 2.04. The Morgan fingerprint density at radius 1 is 1.11 bits per heavy atom. The summed E-state index contributed by atoms with van der Waals surface area (Å²) in [5.41, 5.74) is 0.691. The van der Waals surface area contributed by atoms with E-state index in [1.54, 1.807) is 37.4 Å². The van der Waals surface area contributed by atoms with E-state index in [1.165, 1.54) is 0 Å². The van der Waals surface area contributed by atoms with Crippen LogP contribution in [0.15, 0.2) is 42.5 Å². The molecule has 0 spiro atoms. The first-order valence-corrected chi connectivity index (χ1v) is 5.81. The molecule has 0 unspecified atom stereocenters. The Morgan fingerprint density at radius 3 is 2.61 bits per heavy atom. The van der Waals surface area contributed by atoms with Crippen LogP contribution in [0.1, 0.15) is 5.56 Å². The van der Waals surface area contributed by atoms with Crippen LogP contribution in [-0.2, 0) is 6.61 Å². The highest BCUT2D eigenvalue weighted by atomic mass is 35.5. The van der Waals surface area contributed by atoms with Gasteiger partial charge in [0.15, 0.2) is 0 Å². The lowest BCUT2D eigenvalue weighted by molar-refractivity contribution is 0.298. The molecule has 2 rings (SSSR count). The van der Waals surface area contributed by atoms with Crippen molar-refractivity contribution >= 4 is 11.6 Å². The molecule has 0 heterocycles. The number of rotatable bonds is 4. The molecule has 2 aromatic rings. The summed E-state index contributed by atoms with van der Waals surface area (Å²) >= 11 is 5.85. The average Bonchev–Trinajstić information content (AvgIpc) is 2.37. The van der Waals surface area contributed by atoms with E-state index in [0.717, 1.165) is 0 Å². The van der Waals surface area contributed by atoms with Crippen molar-refractivity contribution in [2.45, 2.75) is 6.61 Å². The van der Waals surface area contributed by atoms with E-state index in [2.05, 4.69) is 0 Å². The van der Waals surface area contributed by atoms with Gasteiger partial charge in [0.2, 0.25) is 0 Å². The van der Waals surface area contributed by atoms with E-state index in [4.69, 9.17) is 21.1 Å². The fourth-order valence-electron chi connectivity index (χ4n) is 1.51. The largest absolute Gasteiger partial charge is 0.507 e. The van der Waals surface area contributed by atoms with Crippen molar-refractivity contribution in [3.05, 3.63) is 53.1 Å². The summed E-state index contributed by atoms with van der Waals surface area (Å²) in [5.74, 6) is 1.42. The number of phenols is 1. The van der Waals surface area contributed by atoms with Gasteiger partial charge in [-0.25, -0.2) is 0 Å². The van der Waals surface area contributed by atoms with Crippen LogP contribution in [0, 0.1) is 0 Å². The second-order valence-electron chi connectivity index (χ2n) is 3.74. The molecule has 0 bridgehead atoms. The van der Waals surface area contributed by atoms with E-state index in [-0.39, 0.29) is 12.4 Å². The van der Waals surface area contributed by atoms with Crippen LogP contribution in [0.4, 0.5) is 0 Å². The monoisotopic (exact) mass is 264 g/mol. The summed E-state index contributed by atoms with van der Waals surface area (Å²) in [7, 11) is 1.55. The molecular weight excluding hydrogens is 252 g/mol. The number of hydrogen-bond donors (Lipinski definition) is 1. The predicted octanol–water partition coefficient (Wildman–Crippen LogP) is 3.63. The maximum atomic E-state index is 9.77. The predicted molar refractivity (Wildman–Crippen MR) is 70.4 cm³/mol. The molecule has 18 heavy (non-hydrogen) atoms. The highest BCUT2D eigenvalue weighted by molar-refractivity contribution is 6.30. The third-order valence-electron chi connectivity index (χ3n) is 2.48. The van der Waals surface area contributed by atoms with Crippen LogP contribution in [0.5, 0.6) is 17.2 Å². The summed E-state index contributed by atoms with van der Waals surface area (Å²) in [6, 6.07) is 12.2. The molecule has 0 amide bonds. The molecule has 0 atom stereocenters.